The minimum atomic E-state index is -1.12. The molecule has 30 heavy (non-hydrogen) atoms. The number of carbonyl (C=O) groups excluding carboxylic acids is 2. The number of carbonyl (C=O) groups is 2. The van der Waals surface area contributed by atoms with Crippen molar-refractivity contribution in [2.45, 2.75) is 45.1 Å². The van der Waals surface area contributed by atoms with Crippen LogP contribution in [0.25, 0.3) is 10.6 Å². The fourth-order valence-electron chi connectivity index (χ4n) is 3.28. The fourth-order valence-corrected chi connectivity index (χ4v) is 4.22. The zero-order valence-electron chi connectivity index (χ0n) is 17.3. The van der Waals surface area contributed by atoms with Gasteiger partial charge in [-0.3, -0.25) is 0 Å². The lowest BCUT2D eigenvalue weighted by atomic mass is 9.94. The standard InChI is InChI=1S/C21H24F2N2O4S/c1-21(2,3)29-20(27)25-7-5-12(6-8-25)17-11-30-18(24-17)13-9-15(22)16(23)10-14(13)19(26)28-4/h9-12H,5-8H2,1-4H3. The Kier molecular flexibility index (Phi) is 6.40. The number of thiazole rings is 1. The van der Waals surface area contributed by atoms with Gasteiger partial charge in [-0.2, -0.15) is 0 Å². The normalized spacial score (nSPS) is 15.2. The molecule has 1 amide bonds. The van der Waals surface area contributed by atoms with E-state index < -0.39 is 23.2 Å². The summed E-state index contributed by atoms with van der Waals surface area (Å²) >= 11 is 1.25. The van der Waals surface area contributed by atoms with E-state index >= 15 is 0 Å². The van der Waals surface area contributed by atoms with E-state index in [0.717, 1.165) is 17.8 Å². The molecular weight excluding hydrogens is 414 g/mol. The number of halogens is 2. The highest BCUT2D eigenvalue weighted by Gasteiger charge is 2.29. The Morgan fingerprint density at radius 2 is 1.80 bits per heavy atom. The summed E-state index contributed by atoms with van der Waals surface area (Å²) < 4.78 is 37.5. The third-order valence-electron chi connectivity index (χ3n) is 4.78. The van der Waals surface area contributed by atoms with E-state index in [-0.39, 0.29) is 23.1 Å². The number of piperidine rings is 1. The first-order valence-electron chi connectivity index (χ1n) is 9.60. The van der Waals surface area contributed by atoms with Crippen molar-refractivity contribution in [2.75, 3.05) is 20.2 Å². The van der Waals surface area contributed by atoms with E-state index in [2.05, 4.69) is 9.72 Å². The van der Waals surface area contributed by atoms with Crippen molar-refractivity contribution in [2.24, 2.45) is 0 Å². The molecular formula is C21H24F2N2O4S. The fraction of sp³-hybridized carbons (Fsp3) is 0.476. The first-order chi connectivity index (χ1) is 14.1. The van der Waals surface area contributed by atoms with Gasteiger partial charge in [0.1, 0.15) is 10.6 Å². The van der Waals surface area contributed by atoms with Gasteiger partial charge in [0.05, 0.1) is 18.4 Å². The number of likely N-dealkylation sites (tertiary alicyclic amines) is 1. The summed E-state index contributed by atoms with van der Waals surface area (Å²) in [7, 11) is 1.18. The molecule has 1 fully saturated rings. The Morgan fingerprint density at radius 3 is 2.40 bits per heavy atom. The number of hydrogen-bond donors (Lipinski definition) is 0. The largest absolute Gasteiger partial charge is 0.465 e. The smallest absolute Gasteiger partial charge is 0.410 e. The molecule has 2 heterocycles. The van der Waals surface area contributed by atoms with Crippen LogP contribution < -0.4 is 0 Å². The second-order valence-corrected chi connectivity index (χ2v) is 8.98. The first kappa shape index (κ1) is 22.1. The number of ether oxygens (including phenoxy) is 2. The summed E-state index contributed by atoms with van der Waals surface area (Å²) in [6.45, 7) is 6.58. The maximum Gasteiger partial charge on any atom is 0.410 e. The van der Waals surface area contributed by atoms with E-state index in [9.17, 15) is 18.4 Å². The van der Waals surface area contributed by atoms with E-state index in [1.807, 2.05) is 26.2 Å². The van der Waals surface area contributed by atoms with Crippen LogP contribution in [0, 0.1) is 11.6 Å². The topological polar surface area (TPSA) is 68.7 Å². The molecule has 0 spiro atoms. The third kappa shape index (κ3) is 4.95. The summed E-state index contributed by atoms with van der Waals surface area (Å²) in [6, 6.07) is 1.80. The SMILES string of the molecule is COC(=O)c1cc(F)c(F)cc1-c1nc(C2CCN(C(=O)OC(C)(C)C)CC2)cs1. The molecule has 9 heteroatoms. The molecule has 1 saturated heterocycles. The van der Waals surface area contributed by atoms with E-state index in [4.69, 9.17) is 4.74 Å². The number of methoxy groups -OCH3 is 1. The lowest BCUT2D eigenvalue weighted by Crippen LogP contribution is -2.41. The van der Waals surface area contributed by atoms with Gasteiger partial charge in [-0.1, -0.05) is 0 Å². The minimum absolute atomic E-state index is 0.0722. The maximum atomic E-state index is 13.8. The van der Waals surface area contributed by atoms with E-state index in [0.29, 0.717) is 30.9 Å². The second-order valence-electron chi connectivity index (χ2n) is 8.12. The van der Waals surface area contributed by atoms with Crippen molar-refractivity contribution in [3.05, 3.63) is 40.4 Å². The van der Waals surface area contributed by atoms with Crippen molar-refractivity contribution in [1.29, 1.82) is 0 Å². The molecule has 0 atom stereocenters. The van der Waals surface area contributed by atoms with Gasteiger partial charge in [-0.05, 0) is 45.7 Å². The summed E-state index contributed by atoms with van der Waals surface area (Å²) in [6.07, 6.45) is 1.10. The molecule has 162 valence electrons. The van der Waals surface area contributed by atoms with Gasteiger partial charge in [-0.15, -0.1) is 11.3 Å². The van der Waals surface area contributed by atoms with Gasteiger partial charge in [0.15, 0.2) is 11.6 Å². The quantitative estimate of drug-likeness (QED) is 0.632. The maximum absolute atomic E-state index is 13.8. The summed E-state index contributed by atoms with van der Waals surface area (Å²) in [5, 5.41) is 2.27. The van der Waals surface area contributed by atoms with Gasteiger partial charge in [-0.25, -0.2) is 23.4 Å². The highest BCUT2D eigenvalue weighted by atomic mass is 32.1. The van der Waals surface area contributed by atoms with Gasteiger partial charge >= 0.3 is 12.1 Å². The lowest BCUT2D eigenvalue weighted by Gasteiger charge is -2.32. The molecule has 1 aromatic heterocycles. The number of aromatic nitrogens is 1. The first-order valence-corrected chi connectivity index (χ1v) is 10.5. The van der Waals surface area contributed by atoms with Crippen molar-refractivity contribution in [1.82, 2.24) is 9.88 Å². The molecule has 0 unspecified atom stereocenters. The van der Waals surface area contributed by atoms with Gasteiger partial charge in [0, 0.05) is 30.0 Å². The third-order valence-corrected chi connectivity index (χ3v) is 5.68. The highest BCUT2D eigenvalue weighted by Crippen LogP contribution is 2.35. The van der Waals surface area contributed by atoms with Gasteiger partial charge in [0.25, 0.3) is 0 Å². The van der Waals surface area contributed by atoms with Crippen LogP contribution in [0.2, 0.25) is 0 Å². The predicted molar refractivity (Wildman–Crippen MR) is 109 cm³/mol. The molecule has 0 radical (unpaired) electrons. The number of rotatable bonds is 3. The summed E-state index contributed by atoms with van der Waals surface area (Å²) in [5.41, 5.74) is 0.388. The number of esters is 1. The molecule has 1 aliphatic rings. The van der Waals surface area contributed by atoms with E-state index in [1.54, 1.807) is 4.90 Å². The predicted octanol–water partition coefficient (Wildman–Crippen LogP) is 4.99. The molecule has 3 rings (SSSR count). The zero-order valence-corrected chi connectivity index (χ0v) is 18.1. The molecule has 2 aromatic rings. The van der Waals surface area contributed by atoms with Gasteiger partial charge < -0.3 is 14.4 Å². The van der Waals surface area contributed by atoms with Crippen LogP contribution in [0.1, 0.15) is 55.6 Å². The van der Waals surface area contributed by atoms with Crippen LogP contribution in [-0.2, 0) is 9.47 Å². The Labute approximate surface area is 177 Å². The average Bonchev–Trinajstić information content (AvgIpc) is 3.18. The number of amides is 1. The van der Waals surface area contributed by atoms with Crippen molar-refractivity contribution >= 4 is 23.4 Å². The molecule has 0 bridgehead atoms. The van der Waals surface area contributed by atoms with Crippen LogP contribution in [0.15, 0.2) is 17.5 Å². The molecule has 1 aromatic carbocycles. The van der Waals surface area contributed by atoms with Crippen LogP contribution in [-0.4, -0.2) is 47.7 Å². The number of benzene rings is 1. The molecule has 0 aliphatic carbocycles. The van der Waals surface area contributed by atoms with Crippen molar-refractivity contribution < 1.29 is 27.8 Å². The molecule has 6 nitrogen and oxygen atoms in total. The minimum Gasteiger partial charge on any atom is -0.465 e. The van der Waals surface area contributed by atoms with Gasteiger partial charge in [0.2, 0.25) is 0 Å². The molecule has 1 aliphatic heterocycles. The van der Waals surface area contributed by atoms with Crippen LogP contribution in [0.5, 0.6) is 0 Å². The molecule has 0 N–H and O–H groups in total. The van der Waals surface area contributed by atoms with Crippen LogP contribution in [0.4, 0.5) is 13.6 Å². The monoisotopic (exact) mass is 438 g/mol. The highest BCUT2D eigenvalue weighted by molar-refractivity contribution is 7.13. The zero-order chi connectivity index (χ0) is 22.1. The second kappa shape index (κ2) is 8.67. The van der Waals surface area contributed by atoms with E-state index in [1.165, 1.54) is 18.4 Å². The lowest BCUT2D eigenvalue weighted by molar-refractivity contribution is 0.0204. The Morgan fingerprint density at radius 1 is 1.17 bits per heavy atom. The van der Waals surface area contributed by atoms with Crippen LogP contribution in [0.3, 0.4) is 0 Å². The average molecular weight is 438 g/mol. The number of nitrogens with zero attached hydrogens (tertiary/aromatic N) is 2. The molecule has 0 saturated carbocycles. The Hall–Kier alpha value is -2.55. The van der Waals surface area contributed by atoms with Crippen molar-refractivity contribution in [3.8, 4) is 10.6 Å². The van der Waals surface area contributed by atoms with Crippen LogP contribution >= 0.6 is 11.3 Å². The van der Waals surface area contributed by atoms with Crippen molar-refractivity contribution in [3.63, 3.8) is 0 Å². The summed E-state index contributed by atoms with van der Waals surface area (Å²) in [4.78, 5) is 30.5. The Bertz CT molecular complexity index is 947. The Balaban J connectivity index is 1.75. The number of hydrogen-bond acceptors (Lipinski definition) is 6. The summed E-state index contributed by atoms with van der Waals surface area (Å²) in [5.74, 6) is -2.81.